The van der Waals surface area contributed by atoms with Crippen LogP contribution in [-0.4, -0.2) is 43.8 Å². The number of amides is 2. The van der Waals surface area contributed by atoms with Crippen molar-refractivity contribution in [2.24, 2.45) is 0 Å². The van der Waals surface area contributed by atoms with Gasteiger partial charge in [-0.3, -0.25) is 9.59 Å². The lowest BCUT2D eigenvalue weighted by Gasteiger charge is -2.17. The Kier molecular flexibility index (Phi) is 3.54. The quantitative estimate of drug-likeness (QED) is 0.801. The van der Waals surface area contributed by atoms with E-state index in [0.717, 1.165) is 0 Å². The number of para-hydroxylation sites is 1. The lowest BCUT2D eigenvalue weighted by Crippen LogP contribution is -2.44. The number of sulfone groups is 1. The Hall–Kier alpha value is -1.73. The number of imide groups is 1. The Bertz CT molecular complexity index is 671. The van der Waals surface area contributed by atoms with Gasteiger partial charge in [-0.15, -0.1) is 0 Å². The summed E-state index contributed by atoms with van der Waals surface area (Å²) in [6.45, 7) is 0. The van der Waals surface area contributed by atoms with Crippen LogP contribution in [0.4, 0.5) is 5.69 Å². The maximum Gasteiger partial charge on any atom is 0.251 e. The summed E-state index contributed by atoms with van der Waals surface area (Å²) in [4.78, 5) is 25.6. The first-order chi connectivity index (χ1) is 9.96. The van der Waals surface area contributed by atoms with Crippen LogP contribution >= 0.6 is 0 Å². The van der Waals surface area contributed by atoms with Crippen molar-refractivity contribution in [3.8, 4) is 0 Å². The van der Waals surface area contributed by atoms with E-state index in [1.807, 2.05) is 6.07 Å². The molecule has 112 valence electrons. The average Bonchev–Trinajstić information content (AvgIpc) is 2.91. The maximum absolute atomic E-state index is 12.4. The second-order valence-electron chi connectivity index (χ2n) is 5.43. The van der Waals surface area contributed by atoms with Crippen LogP contribution in [0.1, 0.15) is 12.8 Å². The van der Waals surface area contributed by atoms with Crippen LogP contribution in [0.2, 0.25) is 0 Å². The molecule has 1 aromatic rings. The van der Waals surface area contributed by atoms with Crippen molar-refractivity contribution in [3.63, 3.8) is 0 Å². The SMILES string of the molecule is O=C1C[C@H](N[C@@H]2CCS(=O)(=O)C2)C(=O)N1c1ccccc1. The van der Waals surface area contributed by atoms with Crippen LogP contribution in [0, 0.1) is 0 Å². The Balaban J connectivity index is 1.72. The third-order valence-electron chi connectivity index (χ3n) is 3.83. The van der Waals surface area contributed by atoms with Crippen LogP contribution in [-0.2, 0) is 19.4 Å². The molecular weight excluding hydrogens is 292 g/mol. The highest BCUT2D eigenvalue weighted by molar-refractivity contribution is 7.91. The lowest BCUT2D eigenvalue weighted by atomic mass is 10.2. The third kappa shape index (κ3) is 2.84. The molecule has 2 fully saturated rings. The molecule has 0 saturated carbocycles. The molecule has 1 aromatic carbocycles. The zero-order valence-corrected chi connectivity index (χ0v) is 12.2. The summed E-state index contributed by atoms with van der Waals surface area (Å²) >= 11 is 0. The molecule has 2 atom stereocenters. The van der Waals surface area contributed by atoms with Crippen LogP contribution in [0.5, 0.6) is 0 Å². The van der Waals surface area contributed by atoms with Crippen LogP contribution < -0.4 is 10.2 Å². The van der Waals surface area contributed by atoms with E-state index in [-0.39, 0.29) is 35.8 Å². The van der Waals surface area contributed by atoms with Gasteiger partial charge in [-0.25, -0.2) is 13.3 Å². The maximum atomic E-state index is 12.4. The standard InChI is InChI=1S/C14H16N2O4S/c17-13-8-12(15-10-6-7-21(19,20)9-10)14(18)16(13)11-4-2-1-3-5-11/h1-5,10,12,15H,6-9H2/t10-,12+/m1/s1. The molecule has 2 saturated heterocycles. The van der Waals surface area contributed by atoms with Crippen molar-refractivity contribution in [2.75, 3.05) is 16.4 Å². The summed E-state index contributed by atoms with van der Waals surface area (Å²) in [5.74, 6) is -0.391. The molecule has 2 heterocycles. The summed E-state index contributed by atoms with van der Waals surface area (Å²) in [6.07, 6.45) is 0.565. The Labute approximate surface area is 123 Å². The van der Waals surface area contributed by atoms with E-state index in [1.165, 1.54) is 4.90 Å². The van der Waals surface area contributed by atoms with Gasteiger partial charge in [0.25, 0.3) is 5.91 Å². The van der Waals surface area contributed by atoms with E-state index >= 15 is 0 Å². The minimum Gasteiger partial charge on any atom is -0.302 e. The van der Waals surface area contributed by atoms with E-state index in [2.05, 4.69) is 5.32 Å². The number of hydrogen-bond acceptors (Lipinski definition) is 5. The largest absolute Gasteiger partial charge is 0.302 e. The topological polar surface area (TPSA) is 83.5 Å². The fraction of sp³-hybridized carbons (Fsp3) is 0.429. The zero-order chi connectivity index (χ0) is 15.0. The number of hydrogen-bond donors (Lipinski definition) is 1. The molecule has 0 bridgehead atoms. The minimum atomic E-state index is -3.01. The van der Waals surface area contributed by atoms with Gasteiger partial charge in [0.05, 0.1) is 29.7 Å². The Morgan fingerprint density at radius 3 is 2.48 bits per heavy atom. The fourth-order valence-electron chi connectivity index (χ4n) is 2.82. The van der Waals surface area contributed by atoms with E-state index in [4.69, 9.17) is 0 Å². The lowest BCUT2D eigenvalue weighted by molar-refractivity contribution is -0.121. The molecule has 2 aliphatic heterocycles. The van der Waals surface area contributed by atoms with E-state index in [1.54, 1.807) is 24.3 Å². The molecule has 6 nitrogen and oxygen atoms in total. The molecule has 2 aliphatic rings. The predicted octanol–water partition coefficient (Wildman–Crippen LogP) is 0.0952. The number of benzene rings is 1. The van der Waals surface area contributed by atoms with E-state index in [0.29, 0.717) is 12.1 Å². The number of nitrogens with one attached hydrogen (secondary N) is 1. The van der Waals surface area contributed by atoms with Crippen LogP contribution in [0.15, 0.2) is 30.3 Å². The first-order valence-electron chi connectivity index (χ1n) is 6.84. The van der Waals surface area contributed by atoms with Crippen molar-refractivity contribution >= 4 is 27.3 Å². The summed E-state index contributed by atoms with van der Waals surface area (Å²) in [5, 5.41) is 3.02. The Morgan fingerprint density at radius 2 is 1.86 bits per heavy atom. The van der Waals surface area contributed by atoms with Gasteiger partial charge in [-0.2, -0.15) is 0 Å². The molecular formula is C14H16N2O4S. The first-order valence-corrected chi connectivity index (χ1v) is 8.67. The second-order valence-corrected chi connectivity index (χ2v) is 7.65. The Morgan fingerprint density at radius 1 is 1.14 bits per heavy atom. The third-order valence-corrected chi connectivity index (χ3v) is 5.60. The molecule has 1 N–H and O–H groups in total. The second kappa shape index (κ2) is 5.23. The normalized spacial score (nSPS) is 28.3. The summed E-state index contributed by atoms with van der Waals surface area (Å²) < 4.78 is 22.9. The predicted molar refractivity (Wildman–Crippen MR) is 77.5 cm³/mol. The molecule has 0 aromatic heterocycles. The number of carbonyl (C=O) groups is 2. The smallest absolute Gasteiger partial charge is 0.251 e. The number of carbonyl (C=O) groups excluding carboxylic acids is 2. The number of nitrogens with zero attached hydrogens (tertiary/aromatic N) is 1. The van der Waals surface area contributed by atoms with Crippen LogP contribution in [0.25, 0.3) is 0 Å². The van der Waals surface area contributed by atoms with Crippen molar-refractivity contribution < 1.29 is 18.0 Å². The van der Waals surface area contributed by atoms with Crippen molar-refractivity contribution in [1.29, 1.82) is 0 Å². The van der Waals surface area contributed by atoms with E-state index < -0.39 is 15.9 Å². The molecule has 2 amide bonds. The summed E-state index contributed by atoms with van der Waals surface area (Å²) in [6, 6.07) is 7.88. The van der Waals surface area contributed by atoms with Gasteiger partial charge in [-0.05, 0) is 18.6 Å². The average molecular weight is 308 g/mol. The molecule has 0 aliphatic carbocycles. The summed E-state index contributed by atoms with van der Waals surface area (Å²) in [5.41, 5.74) is 0.552. The highest BCUT2D eigenvalue weighted by Gasteiger charge is 2.41. The van der Waals surface area contributed by atoms with Gasteiger partial charge in [0, 0.05) is 6.04 Å². The molecule has 7 heteroatoms. The molecule has 0 unspecified atom stereocenters. The van der Waals surface area contributed by atoms with Crippen molar-refractivity contribution in [3.05, 3.63) is 30.3 Å². The van der Waals surface area contributed by atoms with Gasteiger partial charge in [-0.1, -0.05) is 18.2 Å². The van der Waals surface area contributed by atoms with Crippen molar-refractivity contribution in [2.45, 2.75) is 24.9 Å². The molecule has 3 rings (SSSR count). The van der Waals surface area contributed by atoms with Gasteiger partial charge < -0.3 is 5.32 Å². The monoisotopic (exact) mass is 308 g/mol. The highest BCUT2D eigenvalue weighted by Crippen LogP contribution is 2.23. The number of anilines is 1. The van der Waals surface area contributed by atoms with Gasteiger partial charge in [0.1, 0.15) is 0 Å². The van der Waals surface area contributed by atoms with Crippen LogP contribution in [0.3, 0.4) is 0 Å². The van der Waals surface area contributed by atoms with Gasteiger partial charge in [0.15, 0.2) is 9.84 Å². The van der Waals surface area contributed by atoms with Crippen molar-refractivity contribution in [1.82, 2.24) is 5.32 Å². The first kappa shape index (κ1) is 14.2. The van der Waals surface area contributed by atoms with Gasteiger partial charge >= 0.3 is 0 Å². The van der Waals surface area contributed by atoms with Gasteiger partial charge in [0.2, 0.25) is 5.91 Å². The molecule has 0 spiro atoms. The minimum absolute atomic E-state index is 0.0380. The summed E-state index contributed by atoms with van der Waals surface area (Å²) in [7, 11) is -3.01. The highest BCUT2D eigenvalue weighted by atomic mass is 32.2. The van der Waals surface area contributed by atoms with E-state index in [9.17, 15) is 18.0 Å². The zero-order valence-electron chi connectivity index (χ0n) is 11.4. The fourth-order valence-corrected chi connectivity index (χ4v) is 4.51. The number of rotatable bonds is 3. The molecule has 21 heavy (non-hydrogen) atoms. The molecule has 0 radical (unpaired) electrons.